The summed E-state index contributed by atoms with van der Waals surface area (Å²) in [6.45, 7) is 0. The highest BCUT2D eigenvalue weighted by molar-refractivity contribution is 7.22. The highest BCUT2D eigenvalue weighted by Gasteiger charge is 2.04. The van der Waals surface area contributed by atoms with Gasteiger partial charge in [0.15, 0.2) is 9.60 Å². The van der Waals surface area contributed by atoms with Crippen LogP contribution in [0.2, 0.25) is 4.47 Å². The highest BCUT2D eigenvalue weighted by Crippen LogP contribution is 2.20. The molecule has 0 aliphatic rings. The van der Waals surface area contributed by atoms with Gasteiger partial charge in [-0.15, -0.1) is 0 Å². The van der Waals surface area contributed by atoms with Gasteiger partial charge in [-0.2, -0.15) is 10.2 Å². The Morgan fingerprint density at radius 3 is 2.05 bits per heavy atom. The first-order chi connectivity index (χ1) is 10.5. The van der Waals surface area contributed by atoms with Crippen molar-refractivity contribution >= 4 is 59.8 Å². The maximum absolute atomic E-state index is 11.0. The Balaban J connectivity index is 0.000000131. The van der Waals surface area contributed by atoms with Crippen molar-refractivity contribution in [3.05, 3.63) is 37.6 Å². The molecule has 112 valence electrons. The summed E-state index contributed by atoms with van der Waals surface area (Å²) in [4.78, 5) is 29.7. The number of nitrogens with two attached hydrogens (primary N) is 1. The third-order valence-electron chi connectivity index (χ3n) is 2.42. The minimum atomic E-state index is -0.244. The second-order valence-electron chi connectivity index (χ2n) is 3.85. The largest absolute Gasteiger partial charge is 0.375 e. The van der Waals surface area contributed by atoms with Crippen LogP contribution in [-0.2, 0) is 0 Å². The van der Waals surface area contributed by atoms with E-state index in [0.29, 0.717) is 30.0 Å². The first-order valence-electron chi connectivity index (χ1n) is 5.64. The van der Waals surface area contributed by atoms with E-state index in [-0.39, 0.29) is 11.1 Å². The Morgan fingerprint density at radius 2 is 1.50 bits per heavy atom. The molecule has 0 fully saturated rings. The number of aromatic amines is 2. The zero-order valence-electron chi connectivity index (χ0n) is 10.5. The van der Waals surface area contributed by atoms with Gasteiger partial charge in [0.1, 0.15) is 20.4 Å². The van der Waals surface area contributed by atoms with Crippen LogP contribution in [-0.4, -0.2) is 30.4 Å². The van der Waals surface area contributed by atoms with Gasteiger partial charge in [0, 0.05) is 0 Å². The molecule has 4 rings (SSSR count). The molecule has 4 aromatic heterocycles. The van der Waals surface area contributed by atoms with Crippen LogP contribution in [0, 0.1) is 0 Å². The van der Waals surface area contributed by atoms with Crippen molar-refractivity contribution in [3.63, 3.8) is 0 Å². The summed E-state index contributed by atoms with van der Waals surface area (Å²) in [7, 11) is 0. The summed E-state index contributed by atoms with van der Waals surface area (Å²) in [5.41, 5.74) is 6.00. The molecule has 0 unspecified atom stereocenters. The Hall–Kier alpha value is -2.37. The molecule has 0 amide bonds. The van der Waals surface area contributed by atoms with E-state index in [4.69, 9.17) is 17.3 Å². The van der Waals surface area contributed by atoms with Crippen molar-refractivity contribution in [3.8, 4) is 0 Å². The van der Waals surface area contributed by atoms with E-state index < -0.39 is 0 Å². The van der Waals surface area contributed by atoms with Crippen molar-refractivity contribution in [2.24, 2.45) is 0 Å². The van der Waals surface area contributed by atoms with E-state index in [1.807, 2.05) is 0 Å². The van der Waals surface area contributed by atoms with E-state index in [2.05, 4.69) is 30.4 Å². The van der Waals surface area contributed by atoms with E-state index in [1.54, 1.807) is 0 Å². The maximum Gasteiger partial charge on any atom is 0.283 e. The monoisotopic (exact) mass is 355 g/mol. The van der Waals surface area contributed by atoms with Gasteiger partial charge in [0.25, 0.3) is 11.1 Å². The number of halogens is 1. The fraction of sp³-hybridized carbons (Fsp3) is 0. The predicted molar refractivity (Wildman–Crippen MR) is 85.5 cm³/mol. The van der Waals surface area contributed by atoms with Crippen molar-refractivity contribution in [2.75, 3.05) is 5.73 Å². The molecule has 4 N–H and O–H groups in total. The average Bonchev–Trinajstić information content (AvgIpc) is 3.03. The summed E-state index contributed by atoms with van der Waals surface area (Å²) in [5.74, 6) is 0. The Kier molecular flexibility index (Phi) is 3.83. The number of nitrogens with zero attached hydrogens (tertiary/aromatic N) is 4. The lowest BCUT2D eigenvalue weighted by Crippen LogP contribution is -2.04. The third-order valence-corrected chi connectivity index (χ3v) is 4.49. The van der Waals surface area contributed by atoms with Crippen LogP contribution >= 0.6 is 34.3 Å². The molecule has 0 aliphatic carbocycles. The fourth-order valence-corrected chi connectivity index (χ4v) is 3.23. The number of thiazole rings is 2. The number of aromatic nitrogens is 6. The summed E-state index contributed by atoms with van der Waals surface area (Å²) >= 11 is 7.89. The zero-order chi connectivity index (χ0) is 15.7. The van der Waals surface area contributed by atoms with Gasteiger partial charge in [0.05, 0.1) is 12.4 Å². The molecule has 12 heteroatoms. The average molecular weight is 356 g/mol. The van der Waals surface area contributed by atoms with Crippen molar-refractivity contribution in [1.82, 2.24) is 30.4 Å². The maximum atomic E-state index is 11.0. The second kappa shape index (κ2) is 5.79. The molecule has 0 aliphatic heterocycles. The minimum absolute atomic E-state index is 0.239. The Morgan fingerprint density at radius 1 is 0.955 bits per heavy atom. The lowest BCUT2D eigenvalue weighted by Gasteiger charge is -1.80. The molecule has 9 nitrogen and oxygen atoms in total. The molecular weight excluding hydrogens is 350 g/mol. The quantitative estimate of drug-likeness (QED) is 0.426. The van der Waals surface area contributed by atoms with Crippen LogP contribution in [0.15, 0.2) is 22.0 Å². The van der Waals surface area contributed by atoms with Crippen LogP contribution in [0.3, 0.4) is 0 Å². The molecule has 0 spiro atoms. The standard InChI is InChI=1S/C5H2ClN3OS.C5H4N4OS/c2*6-5-8-2-1-7-9-4(10)3(2)11-5/h1H,(H,9,10);1H,(H2,6,8)(H,9,10). The first-order valence-corrected chi connectivity index (χ1v) is 7.65. The van der Waals surface area contributed by atoms with E-state index in [9.17, 15) is 9.59 Å². The molecule has 4 aromatic rings. The number of rotatable bonds is 0. The highest BCUT2D eigenvalue weighted by atomic mass is 35.5. The number of nitrogen functional groups attached to an aromatic ring is 1. The molecule has 0 aromatic carbocycles. The number of hydrogen-bond acceptors (Lipinski definition) is 9. The number of hydrogen-bond donors (Lipinski definition) is 3. The number of nitrogens with one attached hydrogen (secondary N) is 2. The van der Waals surface area contributed by atoms with Gasteiger partial charge in [-0.05, 0) is 0 Å². The first kappa shape index (κ1) is 14.6. The van der Waals surface area contributed by atoms with Crippen LogP contribution in [0.5, 0.6) is 0 Å². The third kappa shape index (κ3) is 2.81. The molecule has 22 heavy (non-hydrogen) atoms. The van der Waals surface area contributed by atoms with Crippen LogP contribution in [0.25, 0.3) is 20.4 Å². The second-order valence-corrected chi connectivity index (χ2v) is 6.46. The number of anilines is 1. The van der Waals surface area contributed by atoms with Crippen LogP contribution in [0.4, 0.5) is 5.13 Å². The minimum Gasteiger partial charge on any atom is -0.375 e. The summed E-state index contributed by atoms with van der Waals surface area (Å²) < 4.78 is 1.40. The Bertz CT molecular complexity index is 980. The van der Waals surface area contributed by atoms with Gasteiger partial charge in [-0.25, -0.2) is 20.2 Å². The molecular formula is C10H6ClN7O2S2. The fourth-order valence-electron chi connectivity index (χ4n) is 1.56. The lowest BCUT2D eigenvalue weighted by molar-refractivity contribution is 1.01. The van der Waals surface area contributed by atoms with Crippen molar-refractivity contribution < 1.29 is 0 Å². The summed E-state index contributed by atoms with van der Waals surface area (Å²) in [5, 5.41) is 12.1. The van der Waals surface area contributed by atoms with Crippen molar-refractivity contribution in [2.45, 2.75) is 0 Å². The SMILES string of the molecule is Nc1nc2cn[nH]c(=O)c2s1.O=c1[nH]ncc2nc(Cl)sc12. The zero-order valence-corrected chi connectivity index (χ0v) is 12.9. The topological polar surface area (TPSA) is 143 Å². The van der Waals surface area contributed by atoms with E-state index >= 15 is 0 Å². The van der Waals surface area contributed by atoms with Gasteiger partial charge in [-0.1, -0.05) is 34.3 Å². The molecule has 0 bridgehead atoms. The molecule has 0 saturated heterocycles. The molecule has 0 radical (unpaired) electrons. The van der Waals surface area contributed by atoms with Crippen LogP contribution < -0.4 is 16.9 Å². The van der Waals surface area contributed by atoms with Gasteiger partial charge < -0.3 is 5.73 Å². The summed E-state index contributed by atoms with van der Waals surface area (Å²) in [6, 6.07) is 0. The predicted octanol–water partition coefficient (Wildman–Crippen LogP) is 0.995. The number of fused-ring (bicyclic) bond motifs is 2. The number of H-pyrrole nitrogens is 2. The van der Waals surface area contributed by atoms with E-state index in [0.717, 1.165) is 22.7 Å². The summed E-state index contributed by atoms with van der Waals surface area (Å²) in [6.07, 6.45) is 2.95. The Labute approximate surface area is 133 Å². The van der Waals surface area contributed by atoms with Crippen LogP contribution in [0.1, 0.15) is 0 Å². The lowest BCUT2D eigenvalue weighted by atomic mass is 10.5. The molecule has 0 atom stereocenters. The smallest absolute Gasteiger partial charge is 0.283 e. The van der Waals surface area contributed by atoms with Gasteiger partial charge in [-0.3, -0.25) is 9.59 Å². The van der Waals surface area contributed by atoms with Gasteiger partial charge in [0.2, 0.25) is 0 Å². The van der Waals surface area contributed by atoms with Crippen molar-refractivity contribution in [1.29, 1.82) is 0 Å². The normalized spacial score (nSPS) is 10.6. The molecule has 4 heterocycles. The molecule has 0 saturated carbocycles. The van der Waals surface area contributed by atoms with E-state index in [1.165, 1.54) is 12.4 Å². The van der Waals surface area contributed by atoms with Gasteiger partial charge >= 0.3 is 0 Å².